The van der Waals surface area contributed by atoms with E-state index in [1.807, 2.05) is 30.3 Å². The number of nitrogens with two attached hydrogens (primary N) is 2. The molecule has 0 radical (unpaired) electrons. The molecule has 21 heavy (non-hydrogen) atoms. The lowest BCUT2D eigenvalue weighted by molar-refractivity contribution is 0.628. The van der Waals surface area contributed by atoms with Gasteiger partial charge in [-0.15, -0.1) is 0 Å². The summed E-state index contributed by atoms with van der Waals surface area (Å²) in [6, 6.07) is 13.8. The number of aromatic nitrogens is 2. The first-order chi connectivity index (χ1) is 10.1. The Kier molecular flexibility index (Phi) is 3.39. The Bertz CT molecular complexity index is 799. The summed E-state index contributed by atoms with van der Waals surface area (Å²) in [6.07, 6.45) is 0. The third-order valence-corrected chi connectivity index (χ3v) is 3.86. The van der Waals surface area contributed by atoms with E-state index in [-0.39, 0.29) is 11.6 Å². The van der Waals surface area contributed by atoms with Crippen molar-refractivity contribution in [1.29, 1.82) is 0 Å². The van der Waals surface area contributed by atoms with Gasteiger partial charge in [-0.25, -0.2) is 14.1 Å². The number of nitrogens with zero attached hydrogens (tertiary/aromatic N) is 2. The first-order valence-corrected chi connectivity index (χ1v) is 7.01. The van der Waals surface area contributed by atoms with Crippen molar-refractivity contribution in [1.82, 2.24) is 9.66 Å². The van der Waals surface area contributed by atoms with Crippen LogP contribution in [-0.4, -0.2) is 9.66 Å². The topological polar surface area (TPSA) is 69.9 Å². The minimum absolute atomic E-state index is 0.278. The molecule has 3 rings (SSSR count). The van der Waals surface area contributed by atoms with E-state index in [9.17, 15) is 4.39 Å². The Hall–Kier alpha value is -2.34. The Morgan fingerprint density at radius 3 is 2.52 bits per heavy atom. The van der Waals surface area contributed by atoms with Crippen molar-refractivity contribution >= 4 is 21.7 Å². The number of anilines is 1. The van der Waals surface area contributed by atoms with Crippen molar-refractivity contribution in [2.75, 3.05) is 11.6 Å². The van der Waals surface area contributed by atoms with Gasteiger partial charge in [-0.2, -0.15) is 0 Å². The fourth-order valence-corrected chi connectivity index (χ4v) is 2.55. The highest BCUT2D eigenvalue weighted by atomic mass is 79.9. The highest BCUT2D eigenvalue weighted by Crippen LogP contribution is 2.34. The van der Waals surface area contributed by atoms with E-state index in [0.717, 1.165) is 5.56 Å². The van der Waals surface area contributed by atoms with Crippen LogP contribution in [0.2, 0.25) is 0 Å². The second-order valence-electron chi connectivity index (χ2n) is 4.53. The zero-order valence-corrected chi connectivity index (χ0v) is 12.5. The number of benzene rings is 2. The van der Waals surface area contributed by atoms with E-state index in [1.165, 1.54) is 16.8 Å². The normalized spacial score (nSPS) is 10.8. The van der Waals surface area contributed by atoms with Crippen molar-refractivity contribution in [3.05, 3.63) is 58.8 Å². The molecular formula is C15H12BrFN4. The predicted molar refractivity (Wildman–Crippen MR) is 85.3 cm³/mol. The predicted octanol–water partition coefficient (Wildman–Crippen LogP) is 3.41. The van der Waals surface area contributed by atoms with Gasteiger partial charge in [0.05, 0.1) is 0 Å². The van der Waals surface area contributed by atoms with Crippen LogP contribution in [-0.2, 0) is 0 Å². The van der Waals surface area contributed by atoms with E-state index in [0.29, 0.717) is 21.6 Å². The number of hydrogen-bond donors (Lipinski definition) is 2. The standard InChI is InChI=1S/C15H12BrFN4/c16-12-7-6-10(17)8-11(12)13-14(18)21(19)15(20-13)9-4-2-1-3-5-9/h1-8H,18-19H2. The molecule has 1 aromatic heterocycles. The summed E-state index contributed by atoms with van der Waals surface area (Å²) < 4.78 is 15.5. The zero-order valence-electron chi connectivity index (χ0n) is 10.9. The number of hydrogen-bond acceptors (Lipinski definition) is 3. The van der Waals surface area contributed by atoms with Crippen LogP contribution in [0.4, 0.5) is 10.2 Å². The summed E-state index contributed by atoms with van der Waals surface area (Å²) >= 11 is 3.38. The van der Waals surface area contributed by atoms with E-state index < -0.39 is 0 Å². The molecule has 106 valence electrons. The fraction of sp³-hybridized carbons (Fsp3) is 0. The Balaban J connectivity index is 2.20. The molecule has 0 aliphatic heterocycles. The van der Waals surface area contributed by atoms with Crippen LogP contribution < -0.4 is 11.6 Å². The number of imidazole rings is 1. The highest BCUT2D eigenvalue weighted by Gasteiger charge is 2.18. The second kappa shape index (κ2) is 5.21. The fourth-order valence-electron chi connectivity index (χ4n) is 2.11. The van der Waals surface area contributed by atoms with Crippen molar-refractivity contribution in [3.8, 4) is 22.6 Å². The second-order valence-corrected chi connectivity index (χ2v) is 5.38. The summed E-state index contributed by atoms with van der Waals surface area (Å²) in [5, 5.41) is 0. The molecule has 0 saturated carbocycles. The third kappa shape index (κ3) is 2.38. The maximum Gasteiger partial charge on any atom is 0.160 e. The van der Waals surface area contributed by atoms with Crippen LogP contribution >= 0.6 is 15.9 Å². The molecule has 0 spiro atoms. The van der Waals surface area contributed by atoms with Crippen LogP contribution in [0.3, 0.4) is 0 Å². The molecular weight excluding hydrogens is 335 g/mol. The van der Waals surface area contributed by atoms with E-state index in [4.69, 9.17) is 11.6 Å². The average Bonchev–Trinajstić information content (AvgIpc) is 2.79. The Labute approximate surface area is 129 Å². The molecule has 0 unspecified atom stereocenters. The summed E-state index contributed by atoms with van der Waals surface area (Å²) in [7, 11) is 0. The lowest BCUT2D eigenvalue weighted by Crippen LogP contribution is -2.13. The zero-order chi connectivity index (χ0) is 15.0. The number of halogens is 2. The highest BCUT2D eigenvalue weighted by molar-refractivity contribution is 9.10. The average molecular weight is 347 g/mol. The molecule has 6 heteroatoms. The van der Waals surface area contributed by atoms with Crippen molar-refractivity contribution in [2.24, 2.45) is 0 Å². The number of nitrogen functional groups attached to an aromatic ring is 2. The Morgan fingerprint density at radius 1 is 1.10 bits per heavy atom. The van der Waals surface area contributed by atoms with Crippen molar-refractivity contribution < 1.29 is 4.39 Å². The van der Waals surface area contributed by atoms with E-state index in [2.05, 4.69) is 20.9 Å². The van der Waals surface area contributed by atoms with Crippen LogP contribution in [0, 0.1) is 5.82 Å². The smallest absolute Gasteiger partial charge is 0.160 e. The molecule has 4 nitrogen and oxygen atoms in total. The Morgan fingerprint density at radius 2 is 1.81 bits per heavy atom. The largest absolute Gasteiger partial charge is 0.382 e. The molecule has 0 amide bonds. The molecule has 0 aliphatic carbocycles. The van der Waals surface area contributed by atoms with Gasteiger partial charge >= 0.3 is 0 Å². The monoisotopic (exact) mass is 346 g/mol. The lowest BCUT2D eigenvalue weighted by Gasteiger charge is -2.03. The van der Waals surface area contributed by atoms with Gasteiger partial charge in [0.1, 0.15) is 11.5 Å². The quantitative estimate of drug-likeness (QED) is 0.698. The van der Waals surface area contributed by atoms with Gasteiger partial charge in [-0.1, -0.05) is 46.3 Å². The van der Waals surface area contributed by atoms with Gasteiger partial charge in [-0.3, -0.25) is 0 Å². The molecule has 3 aromatic rings. The van der Waals surface area contributed by atoms with Crippen LogP contribution in [0.1, 0.15) is 0 Å². The van der Waals surface area contributed by atoms with Gasteiger partial charge < -0.3 is 11.6 Å². The summed E-state index contributed by atoms with van der Waals surface area (Å²) in [5.41, 5.74) is 7.87. The van der Waals surface area contributed by atoms with E-state index in [1.54, 1.807) is 6.07 Å². The van der Waals surface area contributed by atoms with Crippen LogP contribution in [0.5, 0.6) is 0 Å². The third-order valence-electron chi connectivity index (χ3n) is 3.16. The summed E-state index contributed by atoms with van der Waals surface area (Å²) in [6.45, 7) is 0. The molecule has 1 heterocycles. The molecule has 0 bridgehead atoms. The lowest BCUT2D eigenvalue weighted by atomic mass is 10.1. The van der Waals surface area contributed by atoms with Gasteiger partial charge in [-0.05, 0) is 18.2 Å². The molecule has 2 aromatic carbocycles. The van der Waals surface area contributed by atoms with Gasteiger partial charge in [0, 0.05) is 15.6 Å². The van der Waals surface area contributed by atoms with Crippen molar-refractivity contribution in [3.63, 3.8) is 0 Å². The van der Waals surface area contributed by atoms with Gasteiger partial charge in [0.25, 0.3) is 0 Å². The van der Waals surface area contributed by atoms with Gasteiger partial charge in [0.2, 0.25) is 0 Å². The van der Waals surface area contributed by atoms with Crippen molar-refractivity contribution in [2.45, 2.75) is 0 Å². The minimum atomic E-state index is -0.361. The first-order valence-electron chi connectivity index (χ1n) is 6.22. The first kappa shape index (κ1) is 13.6. The van der Waals surface area contributed by atoms with Gasteiger partial charge in [0.15, 0.2) is 11.6 Å². The SMILES string of the molecule is Nc1c(-c2cc(F)ccc2Br)nc(-c2ccccc2)n1N. The minimum Gasteiger partial charge on any atom is -0.382 e. The molecule has 4 N–H and O–H groups in total. The molecule has 0 fully saturated rings. The number of rotatable bonds is 2. The summed E-state index contributed by atoms with van der Waals surface area (Å²) in [5.74, 6) is 6.43. The summed E-state index contributed by atoms with van der Waals surface area (Å²) in [4.78, 5) is 4.47. The van der Waals surface area contributed by atoms with Crippen LogP contribution in [0.25, 0.3) is 22.6 Å². The molecule has 0 aliphatic rings. The maximum atomic E-state index is 13.5. The van der Waals surface area contributed by atoms with E-state index >= 15 is 0 Å². The van der Waals surface area contributed by atoms with Crippen LogP contribution in [0.15, 0.2) is 53.0 Å². The molecule has 0 saturated heterocycles. The molecule has 0 atom stereocenters. The maximum absolute atomic E-state index is 13.5.